The Morgan fingerprint density at radius 1 is 1.36 bits per heavy atom. The van der Waals surface area contributed by atoms with Crippen LogP contribution in [0.25, 0.3) is 0 Å². The van der Waals surface area contributed by atoms with Gasteiger partial charge >= 0.3 is 0 Å². The minimum atomic E-state index is 0.381. The summed E-state index contributed by atoms with van der Waals surface area (Å²) in [4.78, 5) is 0. The van der Waals surface area contributed by atoms with Crippen molar-refractivity contribution in [1.29, 1.82) is 0 Å². The average Bonchev–Trinajstić information content (AvgIpc) is 2.47. The first-order chi connectivity index (χ1) is 6.88. The summed E-state index contributed by atoms with van der Waals surface area (Å²) < 4.78 is 5.50. The molecule has 76 valence electrons. The van der Waals surface area contributed by atoms with Crippen LogP contribution < -0.4 is 5.32 Å². The monoisotopic (exact) mass is 211 g/mol. The molecule has 1 aliphatic rings. The molecule has 1 unspecified atom stereocenters. The zero-order chi connectivity index (χ0) is 9.80. The van der Waals surface area contributed by atoms with E-state index in [-0.39, 0.29) is 0 Å². The molecule has 0 aliphatic carbocycles. The van der Waals surface area contributed by atoms with Crippen LogP contribution in [-0.4, -0.2) is 26.3 Å². The highest BCUT2D eigenvalue weighted by Gasteiger charge is 2.16. The van der Waals surface area contributed by atoms with Crippen LogP contribution in [0.15, 0.2) is 24.3 Å². The Hall–Kier alpha value is -0.570. The molecule has 1 N–H and O–H groups in total. The van der Waals surface area contributed by atoms with Crippen molar-refractivity contribution in [2.24, 2.45) is 0 Å². The third kappa shape index (κ3) is 2.27. The van der Waals surface area contributed by atoms with Crippen LogP contribution in [0.4, 0.5) is 0 Å². The SMILES string of the molecule is Clc1ccccc1C1CNCCOC1. The van der Waals surface area contributed by atoms with Crippen LogP contribution in [0.2, 0.25) is 5.02 Å². The van der Waals surface area contributed by atoms with Gasteiger partial charge in [0.05, 0.1) is 13.2 Å². The normalized spacial score (nSPS) is 23.1. The Balaban J connectivity index is 2.16. The molecule has 1 saturated heterocycles. The van der Waals surface area contributed by atoms with Gasteiger partial charge in [-0.05, 0) is 11.6 Å². The molecular weight excluding hydrogens is 198 g/mol. The van der Waals surface area contributed by atoms with Crippen molar-refractivity contribution in [1.82, 2.24) is 5.32 Å². The summed E-state index contributed by atoms with van der Waals surface area (Å²) in [5, 5.41) is 4.18. The van der Waals surface area contributed by atoms with E-state index in [0.29, 0.717) is 5.92 Å². The van der Waals surface area contributed by atoms with E-state index in [9.17, 15) is 0 Å². The summed E-state index contributed by atoms with van der Waals surface area (Å²) in [6, 6.07) is 7.98. The molecule has 0 bridgehead atoms. The molecule has 0 saturated carbocycles. The van der Waals surface area contributed by atoms with Crippen molar-refractivity contribution in [2.45, 2.75) is 5.92 Å². The smallest absolute Gasteiger partial charge is 0.0591 e. The van der Waals surface area contributed by atoms with Gasteiger partial charge in [0.2, 0.25) is 0 Å². The van der Waals surface area contributed by atoms with E-state index in [1.807, 2.05) is 18.2 Å². The largest absolute Gasteiger partial charge is 0.379 e. The van der Waals surface area contributed by atoms with Crippen molar-refractivity contribution in [3.8, 4) is 0 Å². The van der Waals surface area contributed by atoms with Gasteiger partial charge in [0.25, 0.3) is 0 Å². The lowest BCUT2D eigenvalue weighted by Gasteiger charge is -2.15. The molecule has 0 radical (unpaired) electrons. The van der Waals surface area contributed by atoms with E-state index in [1.54, 1.807) is 0 Å². The molecule has 14 heavy (non-hydrogen) atoms. The van der Waals surface area contributed by atoms with E-state index in [4.69, 9.17) is 16.3 Å². The molecule has 0 spiro atoms. The van der Waals surface area contributed by atoms with Crippen LogP contribution in [0.3, 0.4) is 0 Å². The summed E-state index contributed by atoms with van der Waals surface area (Å²) in [7, 11) is 0. The lowest BCUT2D eigenvalue weighted by molar-refractivity contribution is 0.141. The van der Waals surface area contributed by atoms with Crippen LogP contribution in [-0.2, 0) is 4.74 Å². The van der Waals surface area contributed by atoms with Gasteiger partial charge in [-0.15, -0.1) is 0 Å². The Morgan fingerprint density at radius 2 is 2.21 bits per heavy atom. The second-order valence-corrected chi connectivity index (χ2v) is 3.90. The molecule has 1 aromatic rings. The van der Waals surface area contributed by atoms with E-state index in [0.717, 1.165) is 31.3 Å². The van der Waals surface area contributed by atoms with E-state index in [1.165, 1.54) is 5.56 Å². The molecule has 0 amide bonds. The Labute approximate surface area is 89.2 Å². The first-order valence-corrected chi connectivity index (χ1v) is 5.28. The molecule has 1 aromatic carbocycles. The molecule has 1 heterocycles. The summed E-state index contributed by atoms with van der Waals surface area (Å²) >= 11 is 6.13. The standard InChI is InChI=1S/C11H14ClNO/c12-11-4-2-1-3-10(11)9-7-13-5-6-14-8-9/h1-4,9,13H,5-8H2. The fourth-order valence-electron chi connectivity index (χ4n) is 1.71. The molecule has 2 nitrogen and oxygen atoms in total. The second-order valence-electron chi connectivity index (χ2n) is 3.50. The number of nitrogens with one attached hydrogen (secondary N) is 1. The lowest BCUT2D eigenvalue weighted by Crippen LogP contribution is -2.21. The van der Waals surface area contributed by atoms with Crippen molar-refractivity contribution >= 4 is 11.6 Å². The van der Waals surface area contributed by atoms with Crippen LogP contribution >= 0.6 is 11.6 Å². The highest BCUT2D eigenvalue weighted by molar-refractivity contribution is 6.31. The first kappa shape index (κ1) is 9.97. The van der Waals surface area contributed by atoms with Gasteiger partial charge in [-0.3, -0.25) is 0 Å². The van der Waals surface area contributed by atoms with Gasteiger partial charge in [0.1, 0.15) is 0 Å². The van der Waals surface area contributed by atoms with Crippen molar-refractivity contribution in [3.63, 3.8) is 0 Å². The second kappa shape index (κ2) is 4.78. The number of hydrogen-bond acceptors (Lipinski definition) is 2. The van der Waals surface area contributed by atoms with Crippen LogP contribution in [0.5, 0.6) is 0 Å². The quantitative estimate of drug-likeness (QED) is 0.768. The van der Waals surface area contributed by atoms with E-state index in [2.05, 4.69) is 11.4 Å². The maximum Gasteiger partial charge on any atom is 0.0591 e. The zero-order valence-corrected chi connectivity index (χ0v) is 8.76. The Bertz CT molecular complexity index is 295. The molecule has 2 rings (SSSR count). The minimum absolute atomic E-state index is 0.381. The maximum atomic E-state index is 6.13. The third-order valence-corrected chi connectivity index (χ3v) is 2.82. The van der Waals surface area contributed by atoms with Gasteiger partial charge in [-0.25, -0.2) is 0 Å². The molecule has 0 aromatic heterocycles. The average molecular weight is 212 g/mol. The lowest BCUT2D eigenvalue weighted by atomic mass is 10.0. The Morgan fingerprint density at radius 3 is 3.07 bits per heavy atom. The van der Waals surface area contributed by atoms with Crippen molar-refractivity contribution < 1.29 is 4.74 Å². The molecule has 1 aliphatic heterocycles. The summed E-state index contributed by atoms with van der Waals surface area (Å²) in [6.45, 7) is 3.43. The highest BCUT2D eigenvalue weighted by Crippen LogP contribution is 2.24. The molecule has 3 heteroatoms. The number of halogens is 1. The first-order valence-electron chi connectivity index (χ1n) is 4.91. The fourth-order valence-corrected chi connectivity index (χ4v) is 2.00. The van der Waals surface area contributed by atoms with Gasteiger partial charge in [0.15, 0.2) is 0 Å². The number of ether oxygens (including phenoxy) is 1. The fraction of sp³-hybridized carbons (Fsp3) is 0.455. The van der Waals surface area contributed by atoms with Gasteiger partial charge in [0, 0.05) is 24.0 Å². The number of benzene rings is 1. The zero-order valence-electron chi connectivity index (χ0n) is 8.00. The topological polar surface area (TPSA) is 21.3 Å². The van der Waals surface area contributed by atoms with Gasteiger partial charge in [-0.2, -0.15) is 0 Å². The molecule has 1 fully saturated rings. The van der Waals surface area contributed by atoms with Gasteiger partial charge in [-0.1, -0.05) is 29.8 Å². The predicted molar refractivity (Wildman–Crippen MR) is 57.9 cm³/mol. The third-order valence-electron chi connectivity index (χ3n) is 2.48. The predicted octanol–water partition coefficient (Wildman–Crippen LogP) is 2.04. The Kier molecular flexibility index (Phi) is 3.40. The molecular formula is C11H14ClNO. The summed E-state index contributed by atoms with van der Waals surface area (Å²) in [5.74, 6) is 0.381. The van der Waals surface area contributed by atoms with Crippen molar-refractivity contribution in [2.75, 3.05) is 26.3 Å². The molecule has 1 atom stereocenters. The van der Waals surface area contributed by atoms with Crippen LogP contribution in [0.1, 0.15) is 11.5 Å². The maximum absolute atomic E-state index is 6.13. The number of hydrogen-bond donors (Lipinski definition) is 1. The minimum Gasteiger partial charge on any atom is -0.379 e. The van der Waals surface area contributed by atoms with Crippen molar-refractivity contribution in [3.05, 3.63) is 34.9 Å². The number of rotatable bonds is 1. The summed E-state index contributed by atoms with van der Waals surface area (Å²) in [5.41, 5.74) is 1.18. The summed E-state index contributed by atoms with van der Waals surface area (Å²) in [6.07, 6.45) is 0. The van der Waals surface area contributed by atoms with E-state index >= 15 is 0 Å². The van der Waals surface area contributed by atoms with Gasteiger partial charge < -0.3 is 10.1 Å². The van der Waals surface area contributed by atoms with E-state index < -0.39 is 0 Å². The van der Waals surface area contributed by atoms with Crippen LogP contribution in [0, 0.1) is 0 Å². The highest BCUT2D eigenvalue weighted by atomic mass is 35.5.